The summed E-state index contributed by atoms with van der Waals surface area (Å²) in [6.45, 7) is 4.47. The molecule has 3 heteroatoms. The minimum absolute atomic E-state index is 0.224. The van der Waals surface area contributed by atoms with Crippen LogP contribution in [0.25, 0.3) is 0 Å². The van der Waals surface area contributed by atoms with Crippen molar-refractivity contribution in [2.45, 2.75) is 51.9 Å². The highest BCUT2D eigenvalue weighted by Gasteiger charge is 2.37. The molecule has 2 aliphatic heterocycles. The van der Waals surface area contributed by atoms with E-state index in [-0.39, 0.29) is 5.91 Å². The molecule has 0 N–H and O–H groups in total. The first-order valence-electron chi connectivity index (χ1n) is 9.62. The van der Waals surface area contributed by atoms with E-state index in [0.29, 0.717) is 11.8 Å². The SMILES string of the molecule is CC(=O)N1CCC(C2C3=NCCC=C3CCC3=C2C=CCC3)CC1. The summed E-state index contributed by atoms with van der Waals surface area (Å²) in [6, 6.07) is 0. The number of dihydropyridines is 1. The van der Waals surface area contributed by atoms with Crippen molar-refractivity contribution in [1.29, 1.82) is 0 Å². The molecule has 0 spiro atoms. The van der Waals surface area contributed by atoms with E-state index in [1.54, 1.807) is 18.1 Å². The van der Waals surface area contributed by atoms with E-state index in [4.69, 9.17) is 4.99 Å². The number of hydrogen-bond donors (Lipinski definition) is 0. The fourth-order valence-electron chi connectivity index (χ4n) is 4.94. The minimum atomic E-state index is 0.224. The highest BCUT2D eigenvalue weighted by atomic mass is 16.2. The third-order valence-corrected chi connectivity index (χ3v) is 6.23. The van der Waals surface area contributed by atoms with Gasteiger partial charge in [-0.15, -0.1) is 0 Å². The van der Waals surface area contributed by atoms with E-state index < -0.39 is 0 Å². The van der Waals surface area contributed by atoms with Gasteiger partial charge in [-0.3, -0.25) is 9.79 Å². The van der Waals surface area contributed by atoms with Gasteiger partial charge in [-0.05, 0) is 62.0 Å². The number of piperidine rings is 1. The Hall–Kier alpha value is -1.64. The number of fused-ring (bicyclic) bond motifs is 1. The molecule has 1 unspecified atom stereocenters. The van der Waals surface area contributed by atoms with Gasteiger partial charge in [0, 0.05) is 38.2 Å². The summed E-state index contributed by atoms with van der Waals surface area (Å²) in [4.78, 5) is 18.7. The Morgan fingerprint density at radius 3 is 2.79 bits per heavy atom. The van der Waals surface area contributed by atoms with Crippen molar-refractivity contribution in [3.8, 4) is 0 Å². The number of amides is 1. The second kappa shape index (κ2) is 6.70. The fourth-order valence-corrected chi connectivity index (χ4v) is 4.94. The van der Waals surface area contributed by atoms with Gasteiger partial charge >= 0.3 is 0 Å². The number of hydrogen-bond acceptors (Lipinski definition) is 2. The van der Waals surface area contributed by atoms with Gasteiger partial charge in [0.15, 0.2) is 0 Å². The van der Waals surface area contributed by atoms with Gasteiger partial charge in [-0.1, -0.05) is 23.8 Å². The molecule has 0 aromatic rings. The second-order valence-electron chi connectivity index (χ2n) is 7.61. The Balaban J connectivity index is 1.66. The lowest BCUT2D eigenvalue weighted by Gasteiger charge is -2.38. The van der Waals surface area contributed by atoms with E-state index in [0.717, 1.165) is 38.9 Å². The summed E-state index contributed by atoms with van der Waals surface area (Å²) in [5.41, 5.74) is 6.16. The number of rotatable bonds is 1. The zero-order chi connectivity index (χ0) is 16.5. The van der Waals surface area contributed by atoms with Crippen molar-refractivity contribution < 1.29 is 4.79 Å². The molecule has 1 fully saturated rings. The zero-order valence-electron chi connectivity index (χ0n) is 14.8. The minimum Gasteiger partial charge on any atom is -0.343 e. The molecule has 0 radical (unpaired) electrons. The van der Waals surface area contributed by atoms with Crippen molar-refractivity contribution in [3.05, 3.63) is 34.9 Å². The molecule has 2 aliphatic carbocycles. The molecule has 0 aromatic heterocycles. The number of allylic oxidation sites excluding steroid dienone is 5. The van der Waals surface area contributed by atoms with Gasteiger partial charge in [0.2, 0.25) is 5.91 Å². The number of nitrogens with zero attached hydrogens (tertiary/aromatic N) is 2. The Labute approximate surface area is 145 Å². The third-order valence-electron chi connectivity index (χ3n) is 6.23. The first-order valence-corrected chi connectivity index (χ1v) is 9.62. The summed E-state index contributed by atoms with van der Waals surface area (Å²) in [5.74, 6) is 1.33. The maximum Gasteiger partial charge on any atom is 0.219 e. The molecule has 4 aliphatic rings. The standard InChI is InChI=1S/C21H28N2O/c1-15(24)23-13-10-17(11-14-23)20-19-7-3-2-5-16(19)8-9-18-6-4-12-22-21(18)20/h3,6-7,17,20H,2,4-5,8-14H2,1H3. The first-order chi connectivity index (χ1) is 11.7. The summed E-state index contributed by atoms with van der Waals surface area (Å²) >= 11 is 0. The van der Waals surface area contributed by atoms with Crippen molar-refractivity contribution in [1.82, 2.24) is 4.90 Å². The smallest absolute Gasteiger partial charge is 0.219 e. The van der Waals surface area contributed by atoms with Gasteiger partial charge in [-0.2, -0.15) is 0 Å². The second-order valence-corrected chi connectivity index (χ2v) is 7.61. The molecule has 1 amide bonds. The Morgan fingerprint density at radius 1 is 1.17 bits per heavy atom. The average molecular weight is 324 g/mol. The van der Waals surface area contributed by atoms with Crippen LogP contribution in [-0.4, -0.2) is 36.2 Å². The summed E-state index contributed by atoms with van der Waals surface area (Å²) in [5, 5.41) is 0. The molecule has 0 saturated carbocycles. The van der Waals surface area contributed by atoms with Crippen LogP contribution in [0.5, 0.6) is 0 Å². The average Bonchev–Trinajstić information content (AvgIpc) is 2.79. The lowest BCUT2D eigenvalue weighted by molar-refractivity contribution is -0.130. The van der Waals surface area contributed by atoms with Crippen LogP contribution in [-0.2, 0) is 4.79 Å². The van der Waals surface area contributed by atoms with Crippen LogP contribution in [0, 0.1) is 11.8 Å². The van der Waals surface area contributed by atoms with Crippen LogP contribution in [0.3, 0.4) is 0 Å². The van der Waals surface area contributed by atoms with Crippen molar-refractivity contribution in [2.75, 3.05) is 19.6 Å². The van der Waals surface area contributed by atoms with Crippen molar-refractivity contribution in [2.24, 2.45) is 16.8 Å². The highest BCUT2D eigenvalue weighted by Crippen LogP contribution is 2.42. The number of likely N-dealkylation sites (tertiary alicyclic amines) is 1. The Morgan fingerprint density at radius 2 is 2.00 bits per heavy atom. The Kier molecular flexibility index (Phi) is 4.43. The molecule has 0 bridgehead atoms. The van der Waals surface area contributed by atoms with Crippen LogP contribution in [0.2, 0.25) is 0 Å². The largest absolute Gasteiger partial charge is 0.343 e. The van der Waals surface area contributed by atoms with E-state index in [1.807, 2.05) is 4.90 Å². The van der Waals surface area contributed by atoms with Crippen LogP contribution in [0.4, 0.5) is 0 Å². The topological polar surface area (TPSA) is 32.7 Å². The zero-order valence-corrected chi connectivity index (χ0v) is 14.8. The maximum atomic E-state index is 11.7. The number of carbonyl (C=O) groups excluding carboxylic acids is 1. The van der Waals surface area contributed by atoms with Gasteiger partial charge < -0.3 is 4.90 Å². The predicted octanol–water partition coefficient (Wildman–Crippen LogP) is 4.07. The predicted molar refractivity (Wildman–Crippen MR) is 98.1 cm³/mol. The lowest BCUT2D eigenvalue weighted by Crippen LogP contribution is -2.41. The normalized spacial score (nSPS) is 27.9. The van der Waals surface area contributed by atoms with Gasteiger partial charge in [0.05, 0.1) is 0 Å². The lowest BCUT2D eigenvalue weighted by atomic mass is 9.73. The molecule has 4 rings (SSSR count). The van der Waals surface area contributed by atoms with Gasteiger partial charge in [-0.25, -0.2) is 0 Å². The molecule has 24 heavy (non-hydrogen) atoms. The van der Waals surface area contributed by atoms with E-state index >= 15 is 0 Å². The van der Waals surface area contributed by atoms with Crippen LogP contribution in [0.15, 0.2) is 39.9 Å². The monoisotopic (exact) mass is 324 g/mol. The molecule has 1 saturated heterocycles. The van der Waals surface area contributed by atoms with Crippen molar-refractivity contribution >= 4 is 11.6 Å². The molecule has 128 valence electrons. The fraction of sp³-hybridized carbons (Fsp3) is 0.619. The molecule has 0 aromatic carbocycles. The Bertz CT molecular complexity index is 645. The van der Waals surface area contributed by atoms with E-state index in [9.17, 15) is 4.79 Å². The van der Waals surface area contributed by atoms with Crippen molar-refractivity contribution in [3.63, 3.8) is 0 Å². The van der Waals surface area contributed by atoms with Gasteiger partial charge in [0.1, 0.15) is 0 Å². The van der Waals surface area contributed by atoms with Gasteiger partial charge in [0.25, 0.3) is 0 Å². The molecule has 2 heterocycles. The third kappa shape index (κ3) is 2.89. The van der Waals surface area contributed by atoms with Crippen LogP contribution in [0.1, 0.15) is 51.9 Å². The molecular formula is C21H28N2O. The summed E-state index contributed by atoms with van der Waals surface area (Å²) in [7, 11) is 0. The first kappa shape index (κ1) is 15.9. The quantitative estimate of drug-likeness (QED) is 0.715. The van der Waals surface area contributed by atoms with E-state index in [1.165, 1.54) is 37.0 Å². The van der Waals surface area contributed by atoms with Crippen LogP contribution >= 0.6 is 0 Å². The number of carbonyl (C=O) groups is 1. The summed E-state index contributed by atoms with van der Waals surface area (Å²) < 4.78 is 0. The molecule has 1 atom stereocenters. The molecular weight excluding hydrogens is 296 g/mol. The summed E-state index contributed by atoms with van der Waals surface area (Å²) in [6.07, 6.45) is 15.4. The molecule has 3 nitrogen and oxygen atoms in total. The number of aliphatic imine (C=N–C) groups is 1. The highest BCUT2D eigenvalue weighted by molar-refractivity contribution is 6.05. The van der Waals surface area contributed by atoms with Crippen LogP contribution < -0.4 is 0 Å². The van der Waals surface area contributed by atoms with E-state index in [2.05, 4.69) is 18.2 Å². The maximum absolute atomic E-state index is 11.7.